The zero-order chi connectivity index (χ0) is 9.53. The van der Waals surface area contributed by atoms with Crippen molar-refractivity contribution in [2.75, 3.05) is 0 Å². The molecule has 0 spiro atoms. The molecule has 2 N–H and O–H groups in total. The molecule has 0 amide bonds. The Bertz CT molecular complexity index is 204. The highest BCUT2D eigenvalue weighted by Gasteiger charge is 2.51. The molecule has 2 aliphatic rings. The van der Waals surface area contributed by atoms with Crippen LogP contribution in [0, 0.1) is 5.41 Å². The second-order valence-corrected chi connectivity index (χ2v) is 5.20. The summed E-state index contributed by atoms with van der Waals surface area (Å²) in [5, 5.41) is 20.1. The van der Waals surface area contributed by atoms with Gasteiger partial charge >= 0.3 is 0 Å². The third-order valence-electron chi connectivity index (χ3n) is 4.27. The Morgan fingerprint density at radius 3 is 2.62 bits per heavy atom. The van der Waals surface area contributed by atoms with Gasteiger partial charge in [0.25, 0.3) is 0 Å². The Kier molecular flexibility index (Phi) is 2.16. The van der Waals surface area contributed by atoms with Crippen molar-refractivity contribution in [2.24, 2.45) is 5.41 Å². The lowest BCUT2D eigenvalue weighted by molar-refractivity contribution is -0.156. The molecule has 76 valence electrons. The van der Waals surface area contributed by atoms with E-state index in [0.717, 1.165) is 38.5 Å². The summed E-state index contributed by atoms with van der Waals surface area (Å²) in [4.78, 5) is 0. The second-order valence-electron chi connectivity index (χ2n) is 5.20. The summed E-state index contributed by atoms with van der Waals surface area (Å²) < 4.78 is 0. The van der Waals surface area contributed by atoms with Crippen LogP contribution in [0.4, 0.5) is 0 Å². The summed E-state index contributed by atoms with van der Waals surface area (Å²) in [6.45, 7) is 2.15. The Morgan fingerprint density at radius 1 is 1.15 bits per heavy atom. The lowest BCUT2D eigenvalue weighted by Crippen LogP contribution is -2.53. The van der Waals surface area contributed by atoms with E-state index in [4.69, 9.17) is 0 Å². The smallest absolute Gasteiger partial charge is 0.0703 e. The molecule has 0 radical (unpaired) electrons. The molecule has 0 unspecified atom stereocenters. The van der Waals surface area contributed by atoms with Gasteiger partial charge in [0.1, 0.15) is 0 Å². The lowest BCUT2D eigenvalue weighted by atomic mass is 9.57. The van der Waals surface area contributed by atoms with Crippen LogP contribution >= 0.6 is 0 Å². The van der Waals surface area contributed by atoms with Crippen molar-refractivity contribution in [3.8, 4) is 0 Å². The van der Waals surface area contributed by atoms with E-state index in [-0.39, 0.29) is 11.5 Å². The van der Waals surface area contributed by atoms with E-state index >= 15 is 0 Å². The summed E-state index contributed by atoms with van der Waals surface area (Å²) in [5.41, 5.74) is -0.479. The zero-order valence-electron chi connectivity index (χ0n) is 8.42. The minimum atomic E-state index is -0.468. The predicted molar refractivity (Wildman–Crippen MR) is 51.4 cm³/mol. The van der Waals surface area contributed by atoms with Crippen LogP contribution in [0.25, 0.3) is 0 Å². The summed E-state index contributed by atoms with van der Waals surface area (Å²) in [5.74, 6) is 0. The minimum Gasteiger partial charge on any atom is -0.393 e. The zero-order valence-corrected chi connectivity index (χ0v) is 8.42. The van der Waals surface area contributed by atoms with E-state index in [1.54, 1.807) is 0 Å². The van der Waals surface area contributed by atoms with Crippen molar-refractivity contribution in [3.63, 3.8) is 0 Å². The van der Waals surface area contributed by atoms with Gasteiger partial charge in [0.05, 0.1) is 11.7 Å². The highest BCUT2D eigenvalue weighted by molar-refractivity contribution is 5.03. The predicted octanol–water partition coefficient (Wildman–Crippen LogP) is 1.84. The molecule has 2 saturated carbocycles. The normalized spacial score (nSPS) is 51.5. The van der Waals surface area contributed by atoms with Gasteiger partial charge in [-0.05, 0) is 37.5 Å². The third kappa shape index (κ3) is 1.40. The molecule has 0 heterocycles. The second kappa shape index (κ2) is 2.96. The van der Waals surface area contributed by atoms with Crippen LogP contribution in [-0.2, 0) is 0 Å². The SMILES string of the molecule is C[C@]12CCCC[C@]1(O)CC[C@@H](O)C2. The monoisotopic (exact) mass is 184 g/mol. The Hall–Kier alpha value is -0.0800. The average Bonchev–Trinajstić information content (AvgIpc) is 2.07. The van der Waals surface area contributed by atoms with Crippen molar-refractivity contribution in [1.82, 2.24) is 0 Å². The van der Waals surface area contributed by atoms with E-state index in [1.807, 2.05) is 0 Å². The van der Waals surface area contributed by atoms with Crippen molar-refractivity contribution in [3.05, 3.63) is 0 Å². The summed E-state index contributed by atoms with van der Waals surface area (Å²) >= 11 is 0. The first-order valence-corrected chi connectivity index (χ1v) is 5.46. The quantitative estimate of drug-likeness (QED) is 0.603. The number of fused-ring (bicyclic) bond motifs is 1. The van der Waals surface area contributed by atoms with Crippen LogP contribution in [-0.4, -0.2) is 21.9 Å². The topological polar surface area (TPSA) is 40.5 Å². The van der Waals surface area contributed by atoms with Gasteiger partial charge in [0, 0.05) is 0 Å². The molecule has 0 aromatic rings. The maximum atomic E-state index is 10.5. The van der Waals surface area contributed by atoms with E-state index < -0.39 is 5.60 Å². The first-order chi connectivity index (χ1) is 6.06. The number of rotatable bonds is 0. The van der Waals surface area contributed by atoms with Gasteiger partial charge in [-0.1, -0.05) is 19.8 Å². The molecule has 2 nitrogen and oxygen atoms in total. The molecule has 3 atom stereocenters. The van der Waals surface area contributed by atoms with Crippen LogP contribution in [0.5, 0.6) is 0 Å². The number of aliphatic hydroxyl groups excluding tert-OH is 1. The molecule has 0 aromatic heterocycles. The fourth-order valence-corrected chi connectivity index (χ4v) is 3.21. The van der Waals surface area contributed by atoms with Crippen molar-refractivity contribution in [2.45, 2.75) is 63.6 Å². The van der Waals surface area contributed by atoms with E-state index in [2.05, 4.69) is 6.92 Å². The first-order valence-electron chi connectivity index (χ1n) is 5.46. The summed E-state index contributed by atoms with van der Waals surface area (Å²) in [6, 6.07) is 0. The molecule has 0 bridgehead atoms. The molecule has 0 aromatic carbocycles. The van der Waals surface area contributed by atoms with Gasteiger partial charge in [0.2, 0.25) is 0 Å². The summed E-state index contributed by atoms with van der Waals surface area (Å²) in [7, 11) is 0. The number of hydrogen-bond acceptors (Lipinski definition) is 2. The van der Waals surface area contributed by atoms with Gasteiger partial charge in [-0.2, -0.15) is 0 Å². The molecule has 2 fully saturated rings. The largest absolute Gasteiger partial charge is 0.393 e. The van der Waals surface area contributed by atoms with Gasteiger partial charge in [0.15, 0.2) is 0 Å². The maximum absolute atomic E-state index is 10.5. The third-order valence-corrected chi connectivity index (χ3v) is 4.27. The number of aliphatic hydroxyl groups is 2. The Labute approximate surface area is 80.0 Å². The number of hydrogen-bond donors (Lipinski definition) is 2. The standard InChI is InChI=1S/C11H20O2/c1-10-5-2-3-6-11(10,13)7-4-9(12)8-10/h9,12-13H,2-8H2,1H3/t9-,10-,11+/m1/s1. The van der Waals surface area contributed by atoms with Crippen molar-refractivity contribution < 1.29 is 10.2 Å². The molecule has 2 aliphatic carbocycles. The van der Waals surface area contributed by atoms with Gasteiger partial charge in [-0.25, -0.2) is 0 Å². The van der Waals surface area contributed by atoms with E-state index in [0.29, 0.717) is 0 Å². The van der Waals surface area contributed by atoms with Crippen LogP contribution in [0.15, 0.2) is 0 Å². The van der Waals surface area contributed by atoms with E-state index in [9.17, 15) is 10.2 Å². The highest BCUT2D eigenvalue weighted by Crippen LogP contribution is 2.52. The van der Waals surface area contributed by atoms with Crippen LogP contribution < -0.4 is 0 Å². The van der Waals surface area contributed by atoms with Crippen LogP contribution in [0.3, 0.4) is 0 Å². The van der Waals surface area contributed by atoms with Gasteiger partial charge < -0.3 is 10.2 Å². The molecule has 0 saturated heterocycles. The molecular weight excluding hydrogens is 164 g/mol. The van der Waals surface area contributed by atoms with Crippen LogP contribution in [0.2, 0.25) is 0 Å². The van der Waals surface area contributed by atoms with Gasteiger partial charge in [-0.3, -0.25) is 0 Å². The molecule has 2 heteroatoms. The molecular formula is C11H20O2. The van der Waals surface area contributed by atoms with E-state index in [1.165, 1.54) is 6.42 Å². The fraction of sp³-hybridized carbons (Fsp3) is 1.00. The van der Waals surface area contributed by atoms with Crippen LogP contribution in [0.1, 0.15) is 51.9 Å². The lowest BCUT2D eigenvalue weighted by Gasteiger charge is -2.53. The van der Waals surface area contributed by atoms with Gasteiger partial charge in [-0.15, -0.1) is 0 Å². The highest BCUT2D eigenvalue weighted by atomic mass is 16.3. The Morgan fingerprint density at radius 2 is 1.85 bits per heavy atom. The fourth-order valence-electron chi connectivity index (χ4n) is 3.21. The van der Waals surface area contributed by atoms with Crippen molar-refractivity contribution in [1.29, 1.82) is 0 Å². The molecule has 13 heavy (non-hydrogen) atoms. The summed E-state index contributed by atoms with van der Waals surface area (Å²) in [6.07, 6.45) is 6.59. The minimum absolute atomic E-state index is 0.0110. The maximum Gasteiger partial charge on any atom is 0.0703 e. The molecule has 0 aliphatic heterocycles. The first kappa shape index (κ1) is 9.47. The molecule has 2 rings (SSSR count). The average molecular weight is 184 g/mol. The Balaban J connectivity index is 2.20. The van der Waals surface area contributed by atoms with Crippen molar-refractivity contribution >= 4 is 0 Å².